The van der Waals surface area contributed by atoms with Gasteiger partial charge in [-0.3, -0.25) is 9.48 Å². The van der Waals surface area contributed by atoms with Gasteiger partial charge in [0.15, 0.2) is 6.61 Å². The number of hydrogen-bond acceptors (Lipinski definition) is 5. The van der Waals surface area contributed by atoms with Gasteiger partial charge in [-0.15, -0.1) is 0 Å². The number of nitrogens with zero attached hydrogens (tertiary/aromatic N) is 2. The first kappa shape index (κ1) is 18.5. The van der Waals surface area contributed by atoms with Gasteiger partial charge >= 0.3 is 5.97 Å². The quantitative estimate of drug-likeness (QED) is 0.518. The number of nitrogens with one attached hydrogen (secondary N) is 1. The highest BCUT2D eigenvalue weighted by Gasteiger charge is 2.11. The molecule has 3 aromatic rings. The zero-order chi connectivity index (χ0) is 19.2. The minimum Gasteiger partial charge on any atom is -0.465 e. The smallest absolute Gasteiger partial charge is 0.331 e. The van der Waals surface area contributed by atoms with Crippen LogP contribution in [0.25, 0.3) is 17.3 Å². The third-order valence-electron chi connectivity index (χ3n) is 3.56. The molecule has 0 radical (unpaired) electrons. The second-order valence-electron chi connectivity index (χ2n) is 5.55. The minimum absolute atomic E-state index is 0.414. The molecule has 0 saturated heterocycles. The van der Waals surface area contributed by atoms with Gasteiger partial charge in [-0.05, 0) is 30.3 Å². The molecule has 0 saturated carbocycles. The van der Waals surface area contributed by atoms with Crippen molar-refractivity contribution in [2.24, 2.45) is 7.05 Å². The third kappa shape index (κ3) is 5.08. The molecule has 0 bridgehead atoms. The van der Waals surface area contributed by atoms with Gasteiger partial charge in [-0.1, -0.05) is 23.7 Å². The van der Waals surface area contributed by atoms with Gasteiger partial charge in [0.05, 0.1) is 12.0 Å². The van der Waals surface area contributed by atoms with Crippen LogP contribution in [0, 0.1) is 0 Å². The number of furan rings is 1. The van der Waals surface area contributed by atoms with Crippen LogP contribution in [0.2, 0.25) is 5.02 Å². The van der Waals surface area contributed by atoms with Crippen molar-refractivity contribution in [3.63, 3.8) is 0 Å². The molecule has 0 spiro atoms. The zero-order valence-corrected chi connectivity index (χ0v) is 15.1. The van der Waals surface area contributed by atoms with E-state index in [1.54, 1.807) is 37.4 Å². The number of aromatic nitrogens is 2. The summed E-state index contributed by atoms with van der Waals surface area (Å²) in [4.78, 5) is 23.6. The molecule has 0 aliphatic heterocycles. The van der Waals surface area contributed by atoms with Crippen LogP contribution in [0.15, 0.2) is 59.2 Å². The van der Waals surface area contributed by atoms with Crippen LogP contribution in [0.4, 0.5) is 5.82 Å². The number of rotatable bonds is 6. The van der Waals surface area contributed by atoms with Gasteiger partial charge in [0.1, 0.15) is 11.6 Å². The zero-order valence-electron chi connectivity index (χ0n) is 14.4. The Bertz CT molecular complexity index is 960. The Morgan fingerprint density at radius 2 is 2.07 bits per heavy atom. The second-order valence-corrected chi connectivity index (χ2v) is 5.99. The van der Waals surface area contributed by atoms with Crippen LogP contribution in [-0.4, -0.2) is 28.3 Å². The lowest BCUT2D eigenvalue weighted by atomic mass is 10.1. The van der Waals surface area contributed by atoms with Crippen molar-refractivity contribution in [3.05, 3.63) is 65.6 Å². The van der Waals surface area contributed by atoms with Crippen molar-refractivity contribution in [1.82, 2.24) is 9.78 Å². The van der Waals surface area contributed by atoms with E-state index in [4.69, 9.17) is 20.8 Å². The van der Waals surface area contributed by atoms with Crippen molar-refractivity contribution in [1.29, 1.82) is 0 Å². The molecule has 0 unspecified atom stereocenters. The Labute approximate surface area is 160 Å². The van der Waals surface area contributed by atoms with Gasteiger partial charge in [0.2, 0.25) is 0 Å². The summed E-state index contributed by atoms with van der Waals surface area (Å²) in [5.74, 6) is -0.123. The Balaban J connectivity index is 1.55. The maximum Gasteiger partial charge on any atom is 0.331 e. The summed E-state index contributed by atoms with van der Waals surface area (Å²) < 4.78 is 11.5. The van der Waals surface area contributed by atoms with Gasteiger partial charge in [-0.2, -0.15) is 5.10 Å². The molecule has 0 aliphatic carbocycles. The second kappa shape index (κ2) is 8.37. The average molecular weight is 386 g/mol. The van der Waals surface area contributed by atoms with Crippen molar-refractivity contribution < 1.29 is 18.7 Å². The fraction of sp³-hybridized carbons (Fsp3) is 0.105. The number of hydrogen-bond donors (Lipinski definition) is 1. The minimum atomic E-state index is -0.645. The Kier molecular flexibility index (Phi) is 5.73. The van der Waals surface area contributed by atoms with Gasteiger partial charge in [0.25, 0.3) is 5.91 Å². The number of carbonyl (C=O) groups excluding carboxylic acids is 2. The van der Waals surface area contributed by atoms with Crippen molar-refractivity contribution >= 4 is 35.4 Å². The first-order chi connectivity index (χ1) is 13.0. The lowest BCUT2D eigenvalue weighted by Gasteiger charge is -2.04. The molecule has 2 aromatic heterocycles. The molecule has 2 heterocycles. The highest BCUT2D eigenvalue weighted by Crippen LogP contribution is 2.23. The molecule has 1 N–H and O–H groups in total. The van der Waals surface area contributed by atoms with E-state index in [1.807, 2.05) is 12.1 Å². The van der Waals surface area contributed by atoms with Crippen molar-refractivity contribution in [2.45, 2.75) is 0 Å². The maximum atomic E-state index is 12.0. The number of esters is 1. The number of halogens is 1. The molecule has 7 nitrogen and oxygen atoms in total. The number of aryl methyl sites for hydroxylation is 1. The van der Waals surface area contributed by atoms with E-state index in [-0.39, 0.29) is 0 Å². The van der Waals surface area contributed by atoms with E-state index in [0.29, 0.717) is 22.3 Å². The Hall–Kier alpha value is -3.32. The predicted octanol–water partition coefficient (Wildman–Crippen LogP) is 3.53. The molecular weight excluding hydrogens is 370 g/mol. The van der Waals surface area contributed by atoms with E-state index in [1.165, 1.54) is 23.1 Å². The van der Waals surface area contributed by atoms with E-state index in [0.717, 1.165) is 5.56 Å². The Morgan fingerprint density at radius 1 is 1.30 bits per heavy atom. The van der Waals surface area contributed by atoms with Crippen LogP contribution in [-0.2, 0) is 21.4 Å². The molecule has 0 atom stereocenters. The van der Waals surface area contributed by atoms with Gasteiger partial charge in [0, 0.05) is 29.8 Å². The fourth-order valence-corrected chi connectivity index (χ4v) is 2.37. The molecule has 1 amide bonds. The summed E-state index contributed by atoms with van der Waals surface area (Å²) in [6.45, 7) is -0.414. The molecule has 1 aromatic carbocycles. The molecule has 0 aliphatic rings. The third-order valence-corrected chi connectivity index (χ3v) is 3.81. The first-order valence-electron chi connectivity index (χ1n) is 7.99. The summed E-state index contributed by atoms with van der Waals surface area (Å²) in [5, 5.41) is 7.63. The highest BCUT2D eigenvalue weighted by molar-refractivity contribution is 6.30. The highest BCUT2D eigenvalue weighted by atomic mass is 35.5. The topological polar surface area (TPSA) is 86.4 Å². The number of benzene rings is 1. The summed E-state index contributed by atoms with van der Waals surface area (Å²) in [5.41, 5.74) is 1.55. The van der Waals surface area contributed by atoms with Gasteiger partial charge < -0.3 is 14.5 Å². The lowest BCUT2D eigenvalue weighted by molar-refractivity contribution is -0.142. The number of anilines is 1. The first-order valence-corrected chi connectivity index (χ1v) is 8.37. The monoisotopic (exact) mass is 385 g/mol. The molecular formula is C19H16ClN3O4. The Morgan fingerprint density at radius 3 is 2.78 bits per heavy atom. The van der Waals surface area contributed by atoms with E-state index in [2.05, 4.69) is 10.4 Å². The van der Waals surface area contributed by atoms with Crippen LogP contribution in [0.1, 0.15) is 5.76 Å². The van der Waals surface area contributed by atoms with Crippen molar-refractivity contribution in [3.8, 4) is 11.3 Å². The largest absolute Gasteiger partial charge is 0.465 e. The lowest BCUT2D eigenvalue weighted by Crippen LogP contribution is -2.21. The van der Waals surface area contributed by atoms with Crippen LogP contribution in [0.3, 0.4) is 0 Å². The summed E-state index contributed by atoms with van der Waals surface area (Å²) in [6.07, 6.45) is 4.14. The SMILES string of the molecule is Cn1nc(-c2ccc(Cl)cc2)cc1NC(=O)COC(=O)/C=C/c1ccco1. The van der Waals surface area contributed by atoms with E-state index >= 15 is 0 Å². The van der Waals surface area contributed by atoms with Crippen LogP contribution < -0.4 is 5.32 Å². The predicted molar refractivity (Wildman–Crippen MR) is 101 cm³/mol. The van der Waals surface area contributed by atoms with Crippen LogP contribution >= 0.6 is 11.6 Å². The standard InChI is InChI=1S/C19H16ClN3O4/c1-23-17(11-16(22-23)13-4-6-14(20)7-5-13)21-18(24)12-27-19(25)9-8-15-3-2-10-26-15/h2-11H,12H2,1H3,(H,21,24)/b9-8+. The van der Waals surface area contributed by atoms with Crippen LogP contribution in [0.5, 0.6) is 0 Å². The summed E-state index contributed by atoms with van der Waals surface area (Å²) >= 11 is 5.88. The molecule has 0 fully saturated rings. The number of amides is 1. The maximum absolute atomic E-state index is 12.0. The average Bonchev–Trinajstić information content (AvgIpc) is 3.29. The van der Waals surface area contributed by atoms with Gasteiger partial charge in [-0.25, -0.2) is 4.79 Å². The number of carbonyl (C=O) groups is 2. The number of ether oxygens (including phenoxy) is 1. The van der Waals surface area contributed by atoms with E-state index in [9.17, 15) is 9.59 Å². The van der Waals surface area contributed by atoms with Crippen molar-refractivity contribution in [2.75, 3.05) is 11.9 Å². The normalized spacial score (nSPS) is 10.9. The molecule has 3 rings (SSSR count). The fourth-order valence-electron chi connectivity index (χ4n) is 2.25. The molecule has 8 heteroatoms. The summed E-state index contributed by atoms with van der Waals surface area (Å²) in [7, 11) is 1.70. The molecule has 27 heavy (non-hydrogen) atoms. The van der Waals surface area contributed by atoms with E-state index < -0.39 is 18.5 Å². The summed E-state index contributed by atoms with van der Waals surface area (Å²) in [6, 6.07) is 12.3. The molecule has 138 valence electrons.